The van der Waals surface area contributed by atoms with Crippen LogP contribution in [0.2, 0.25) is 0 Å². The summed E-state index contributed by atoms with van der Waals surface area (Å²) in [6.07, 6.45) is 2.81. The molecule has 1 aliphatic heterocycles. The highest BCUT2D eigenvalue weighted by atomic mass is 16.5. The van der Waals surface area contributed by atoms with E-state index in [1.165, 1.54) is 12.8 Å². The largest absolute Gasteiger partial charge is 0.382 e. The van der Waals surface area contributed by atoms with E-state index in [1.54, 1.807) is 7.11 Å². The molecule has 0 aromatic rings. The van der Waals surface area contributed by atoms with E-state index in [2.05, 4.69) is 24.1 Å². The van der Waals surface area contributed by atoms with Crippen LogP contribution in [-0.2, 0) is 14.2 Å². The Kier molecular flexibility index (Phi) is 6.89. The first-order valence-electron chi connectivity index (χ1n) is 8.26. The van der Waals surface area contributed by atoms with Gasteiger partial charge in [-0.05, 0) is 32.6 Å². The molecule has 1 N–H and O–H groups in total. The molecule has 2 fully saturated rings. The Bertz CT molecular complexity index is 295. The zero-order chi connectivity index (χ0) is 15.1. The first kappa shape index (κ1) is 17.2. The van der Waals surface area contributed by atoms with Crippen molar-refractivity contribution in [2.45, 2.75) is 38.3 Å². The predicted octanol–water partition coefficient (Wildman–Crippen LogP) is 1.13. The van der Waals surface area contributed by atoms with Crippen LogP contribution in [0.15, 0.2) is 0 Å². The number of hydrogen-bond donors (Lipinski definition) is 1. The third-order valence-electron chi connectivity index (χ3n) is 4.57. The van der Waals surface area contributed by atoms with Crippen LogP contribution in [0.25, 0.3) is 0 Å². The van der Waals surface area contributed by atoms with Crippen molar-refractivity contribution in [3.63, 3.8) is 0 Å². The maximum absolute atomic E-state index is 5.69. The number of nitrogens with one attached hydrogen (secondary N) is 1. The molecule has 0 spiro atoms. The highest BCUT2D eigenvalue weighted by Gasteiger charge is 2.39. The summed E-state index contributed by atoms with van der Waals surface area (Å²) >= 11 is 0. The Morgan fingerprint density at radius 1 is 1.05 bits per heavy atom. The molecule has 0 aromatic carbocycles. The Hall–Kier alpha value is -0.200. The van der Waals surface area contributed by atoms with Crippen LogP contribution in [0.5, 0.6) is 0 Å². The summed E-state index contributed by atoms with van der Waals surface area (Å²) in [4.78, 5) is 2.58. The Morgan fingerprint density at radius 3 is 2.38 bits per heavy atom. The van der Waals surface area contributed by atoms with E-state index in [1.807, 2.05) is 0 Å². The van der Waals surface area contributed by atoms with Gasteiger partial charge in [0, 0.05) is 38.3 Å². The molecule has 1 unspecified atom stereocenters. The van der Waals surface area contributed by atoms with E-state index in [0.717, 1.165) is 32.2 Å². The summed E-state index contributed by atoms with van der Waals surface area (Å²) in [5.41, 5.74) is 0.226. The maximum atomic E-state index is 5.69. The summed E-state index contributed by atoms with van der Waals surface area (Å²) in [5, 5.41) is 3.72. The molecule has 1 heterocycles. The van der Waals surface area contributed by atoms with Crippen molar-refractivity contribution in [3.8, 4) is 0 Å². The molecule has 0 bridgehead atoms. The Balaban J connectivity index is 1.57. The Morgan fingerprint density at radius 2 is 1.71 bits per heavy atom. The van der Waals surface area contributed by atoms with Gasteiger partial charge in [0.15, 0.2) is 0 Å². The molecule has 1 saturated carbocycles. The van der Waals surface area contributed by atoms with Gasteiger partial charge >= 0.3 is 0 Å². The molecule has 2 rings (SSSR count). The smallest absolute Gasteiger partial charge is 0.0701 e. The molecule has 0 aromatic heterocycles. The van der Waals surface area contributed by atoms with Crippen LogP contribution >= 0.6 is 0 Å². The van der Waals surface area contributed by atoms with Crippen molar-refractivity contribution in [1.82, 2.24) is 10.2 Å². The van der Waals surface area contributed by atoms with E-state index >= 15 is 0 Å². The number of methoxy groups -OCH3 is 1. The molecule has 124 valence electrons. The van der Waals surface area contributed by atoms with E-state index in [4.69, 9.17) is 14.2 Å². The molecule has 0 amide bonds. The highest BCUT2D eigenvalue weighted by Crippen LogP contribution is 2.35. The van der Waals surface area contributed by atoms with Crippen molar-refractivity contribution in [2.24, 2.45) is 5.92 Å². The molecule has 1 saturated heterocycles. The summed E-state index contributed by atoms with van der Waals surface area (Å²) in [5.74, 6) is 0.915. The van der Waals surface area contributed by atoms with Crippen LogP contribution in [0.1, 0.15) is 26.7 Å². The van der Waals surface area contributed by atoms with Crippen molar-refractivity contribution in [3.05, 3.63) is 0 Å². The average Bonchev–Trinajstić information content (AvgIpc) is 3.28. The van der Waals surface area contributed by atoms with Crippen LogP contribution in [0.4, 0.5) is 0 Å². The number of piperazine rings is 1. The van der Waals surface area contributed by atoms with Gasteiger partial charge in [0.1, 0.15) is 0 Å². The average molecular weight is 300 g/mol. The quantitative estimate of drug-likeness (QED) is 0.613. The van der Waals surface area contributed by atoms with E-state index in [9.17, 15) is 0 Å². The second kappa shape index (κ2) is 8.44. The fraction of sp³-hybridized carbons (Fsp3) is 1.00. The highest BCUT2D eigenvalue weighted by molar-refractivity contribution is 4.98. The van der Waals surface area contributed by atoms with Gasteiger partial charge in [-0.1, -0.05) is 0 Å². The fourth-order valence-corrected chi connectivity index (χ4v) is 2.89. The number of nitrogens with zero attached hydrogens (tertiary/aromatic N) is 1. The van der Waals surface area contributed by atoms with Crippen LogP contribution in [-0.4, -0.2) is 76.3 Å². The standard InChI is InChI=1S/C16H32N2O3/c1-16(2)13-17-15(14-4-5-14)12-18(16)6-7-20-10-11-21-9-8-19-3/h14-15,17H,4-13H2,1-3H3. The molecule has 1 aliphatic carbocycles. The van der Waals surface area contributed by atoms with Gasteiger partial charge in [-0.25, -0.2) is 0 Å². The number of rotatable bonds is 10. The minimum atomic E-state index is 0.226. The lowest BCUT2D eigenvalue weighted by molar-refractivity contribution is -0.000534. The van der Waals surface area contributed by atoms with Gasteiger partial charge in [0.25, 0.3) is 0 Å². The molecular formula is C16H32N2O3. The first-order chi connectivity index (χ1) is 10.1. The maximum Gasteiger partial charge on any atom is 0.0701 e. The molecule has 2 aliphatic rings. The van der Waals surface area contributed by atoms with Gasteiger partial charge in [-0.2, -0.15) is 0 Å². The molecule has 0 radical (unpaired) electrons. The summed E-state index contributed by atoms with van der Waals surface area (Å²) in [6, 6.07) is 0.690. The third kappa shape index (κ3) is 5.83. The van der Waals surface area contributed by atoms with Crippen molar-refractivity contribution in [1.29, 1.82) is 0 Å². The van der Waals surface area contributed by atoms with E-state index in [-0.39, 0.29) is 5.54 Å². The second-order valence-corrected chi connectivity index (χ2v) is 6.80. The number of hydrogen-bond acceptors (Lipinski definition) is 5. The lowest BCUT2D eigenvalue weighted by atomic mass is 9.96. The summed E-state index contributed by atoms with van der Waals surface area (Å²) < 4.78 is 16.0. The lowest BCUT2D eigenvalue weighted by Crippen LogP contribution is -2.63. The normalized spacial score (nSPS) is 26.1. The minimum Gasteiger partial charge on any atom is -0.382 e. The van der Waals surface area contributed by atoms with Crippen LogP contribution < -0.4 is 5.32 Å². The van der Waals surface area contributed by atoms with Gasteiger partial charge in [-0.3, -0.25) is 4.90 Å². The van der Waals surface area contributed by atoms with Gasteiger partial charge < -0.3 is 19.5 Å². The molecule has 21 heavy (non-hydrogen) atoms. The zero-order valence-corrected chi connectivity index (χ0v) is 13.9. The van der Waals surface area contributed by atoms with Crippen LogP contribution in [0.3, 0.4) is 0 Å². The predicted molar refractivity (Wildman–Crippen MR) is 83.7 cm³/mol. The monoisotopic (exact) mass is 300 g/mol. The van der Waals surface area contributed by atoms with Gasteiger partial charge in [0.05, 0.1) is 33.0 Å². The van der Waals surface area contributed by atoms with Gasteiger partial charge in [0.2, 0.25) is 0 Å². The SMILES string of the molecule is COCCOCCOCCN1CC(C2CC2)NCC1(C)C. The molecule has 1 atom stereocenters. The fourth-order valence-electron chi connectivity index (χ4n) is 2.89. The molecular weight excluding hydrogens is 268 g/mol. The second-order valence-electron chi connectivity index (χ2n) is 6.80. The van der Waals surface area contributed by atoms with Crippen LogP contribution in [0, 0.1) is 5.92 Å². The molecule has 5 heteroatoms. The first-order valence-corrected chi connectivity index (χ1v) is 8.26. The van der Waals surface area contributed by atoms with Crippen molar-refractivity contribution >= 4 is 0 Å². The summed E-state index contributed by atoms with van der Waals surface area (Å²) in [6.45, 7) is 11.3. The van der Waals surface area contributed by atoms with E-state index in [0.29, 0.717) is 32.5 Å². The summed E-state index contributed by atoms with van der Waals surface area (Å²) in [7, 11) is 1.68. The lowest BCUT2D eigenvalue weighted by Gasteiger charge is -2.46. The minimum absolute atomic E-state index is 0.226. The zero-order valence-electron chi connectivity index (χ0n) is 13.9. The number of ether oxygens (including phenoxy) is 3. The third-order valence-corrected chi connectivity index (χ3v) is 4.57. The Labute approximate surface area is 129 Å². The van der Waals surface area contributed by atoms with E-state index < -0.39 is 0 Å². The van der Waals surface area contributed by atoms with Crippen molar-refractivity contribution in [2.75, 3.05) is 59.8 Å². The van der Waals surface area contributed by atoms with Gasteiger partial charge in [-0.15, -0.1) is 0 Å². The topological polar surface area (TPSA) is 43.0 Å². The van der Waals surface area contributed by atoms with Crippen molar-refractivity contribution < 1.29 is 14.2 Å². The molecule has 5 nitrogen and oxygen atoms in total.